The fourth-order valence-electron chi connectivity index (χ4n) is 2.77. The van der Waals surface area contributed by atoms with Crippen LogP contribution in [0.1, 0.15) is 31.1 Å². The van der Waals surface area contributed by atoms with Crippen LogP contribution in [0.3, 0.4) is 0 Å². The lowest BCUT2D eigenvalue weighted by molar-refractivity contribution is 0.249. The molecule has 0 spiro atoms. The Morgan fingerprint density at radius 2 is 2.19 bits per heavy atom. The Morgan fingerprint density at radius 1 is 1.41 bits per heavy atom. The summed E-state index contributed by atoms with van der Waals surface area (Å²) < 4.78 is 18.5. The molecule has 0 aliphatic heterocycles. The van der Waals surface area contributed by atoms with Crippen molar-refractivity contribution in [1.29, 1.82) is 0 Å². The molecule has 1 aromatic carbocycles. The lowest BCUT2D eigenvalue weighted by Gasteiger charge is -2.15. The van der Waals surface area contributed by atoms with Gasteiger partial charge < -0.3 is 10.1 Å². The lowest BCUT2D eigenvalue weighted by atomic mass is 10.1. The molecule has 0 aliphatic carbocycles. The number of aryl methyl sites for hydroxylation is 1. The van der Waals surface area contributed by atoms with Gasteiger partial charge in [0.2, 0.25) is 5.88 Å². The average Bonchev–Trinajstić information content (AvgIpc) is 3.06. The van der Waals surface area contributed by atoms with Crippen LogP contribution in [0.2, 0.25) is 5.02 Å². The minimum atomic E-state index is -0.503. The topological polar surface area (TPSA) is 91.9 Å². The van der Waals surface area contributed by atoms with Gasteiger partial charge in [0.25, 0.3) is 0 Å². The molecule has 3 rings (SSSR count). The zero-order chi connectivity index (χ0) is 19.6. The number of benzene rings is 1. The van der Waals surface area contributed by atoms with Crippen LogP contribution in [0, 0.1) is 5.82 Å². The fraction of sp³-hybridized carbons (Fsp3) is 0.278. The molecule has 27 heavy (non-hydrogen) atoms. The Hall–Kier alpha value is -2.87. The number of ether oxygens (including phenoxy) is 1. The van der Waals surface area contributed by atoms with Crippen LogP contribution >= 0.6 is 11.6 Å². The number of anilines is 1. The molecular formula is C18H19ClFN5O2. The summed E-state index contributed by atoms with van der Waals surface area (Å²) in [5, 5.41) is 13.2. The third-order valence-corrected chi connectivity index (χ3v) is 4.44. The molecule has 7 nitrogen and oxygen atoms in total. The highest BCUT2D eigenvalue weighted by Gasteiger charge is 2.16. The first-order valence-electron chi connectivity index (χ1n) is 8.37. The first-order valence-corrected chi connectivity index (χ1v) is 8.75. The van der Waals surface area contributed by atoms with E-state index in [2.05, 4.69) is 25.8 Å². The maximum absolute atomic E-state index is 13.3. The lowest BCUT2D eigenvalue weighted by Crippen LogP contribution is -2.31. The van der Waals surface area contributed by atoms with Crippen LogP contribution in [0.15, 0.2) is 24.3 Å². The number of carbonyl (C=O) groups excluding carboxylic acids is 1. The first kappa shape index (κ1) is 18.9. The highest BCUT2D eigenvalue weighted by atomic mass is 35.5. The second-order valence-corrected chi connectivity index (χ2v) is 6.36. The zero-order valence-electron chi connectivity index (χ0n) is 15.1. The van der Waals surface area contributed by atoms with Crippen molar-refractivity contribution in [3.05, 3.63) is 46.4 Å². The Morgan fingerprint density at radius 3 is 2.85 bits per heavy atom. The predicted octanol–water partition coefficient (Wildman–Crippen LogP) is 4.20. The molecule has 0 aliphatic rings. The van der Waals surface area contributed by atoms with Crippen LogP contribution in [0.5, 0.6) is 5.88 Å². The van der Waals surface area contributed by atoms with Gasteiger partial charge >= 0.3 is 6.03 Å². The summed E-state index contributed by atoms with van der Waals surface area (Å²) in [6, 6.07) is 5.19. The van der Waals surface area contributed by atoms with Crippen molar-refractivity contribution < 1.29 is 13.9 Å². The molecule has 0 bridgehead atoms. The fourth-order valence-corrected chi connectivity index (χ4v) is 2.96. The number of H-pyrrole nitrogens is 1. The number of hydrogen-bond acceptors (Lipinski definition) is 4. The van der Waals surface area contributed by atoms with E-state index in [9.17, 15) is 9.18 Å². The monoisotopic (exact) mass is 391 g/mol. The van der Waals surface area contributed by atoms with E-state index in [-0.39, 0.29) is 11.1 Å². The van der Waals surface area contributed by atoms with Crippen molar-refractivity contribution in [2.45, 2.75) is 26.3 Å². The summed E-state index contributed by atoms with van der Waals surface area (Å²) in [4.78, 5) is 16.8. The quantitative estimate of drug-likeness (QED) is 0.607. The Balaban J connectivity index is 1.76. The second-order valence-electron chi connectivity index (χ2n) is 5.96. The highest BCUT2D eigenvalue weighted by molar-refractivity contribution is 6.30. The Labute approximate surface area is 160 Å². The molecule has 0 saturated heterocycles. The van der Waals surface area contributed by atoms with E-state index in [1.54, 1.807) is 19.1 Å². The number of carbonyl (C=O) groups is 1. The molecule has 9 heteroatoms. The van der Waals surface area contributed by atoms with E-state index in [1.165, 1.54) is 19.2 Å². The summed E-state index contributed by atoms with van der Waals surface area (Å²) in [6.45, 7) is 3.73. The Kier molecular flexibility index (Phi) is 5.46. The SMILES string of the molecule is CCc1nc(NC(=O)N[C@H](C)c2ccc(F)c(Cl)c2)cc2[nH]nc(OC)c12. The van der Waals surface area contributed by atoms with Crippen LogP contribution in [0.4, 0.5) is 15.0 Å². The number of aromatic nitrogens is 3. The number of methoxy groups -OCH3 is 1. The minimum Gasteiger partial charge on any atom is -0.479 e. The number of aromatic amines is 1. The third kappa shape index (κ3) is 3.95. The van der Waals surface area contributed by atoms with Gasteiger partial charge in [0, 0.05) is 6.07 Å². The molecule has 2 aromatic heterocycles. The van der Waals surface area contributed by atoms with E-state index in [1.807, 2.05) is 6.92 Å². The van der Waals surface area contributed by atoms with Crippen molar-refractivity contribution in [2.24, 2.45) is 0 Å². The molecule has 0 saturated carbocycles. The number of hydrogen-bond donors (Lipinski definition) is 3. The van der Waals surface area contributed by atoms with Crippen molar-refractivity contribution >= 4 is 34.4 Å². The molecule has 2 heterocycles. The number of rotatable bonds is 5. The molecule has 142 valence electrons. The number of urea groups is 1. The van der Waals surface area contributed by atoms with Gasteiger partial charge in [-0.15, -0.1) is 5.10 Å². The van der Waals surface area contributed by atoms with E-state index in [0.717, 1.165) is 11.1 Å². The molecule has 0 radical (unpaired) electrons. The maximum Gasteiger partial charge on any atom is 0.320 e. The summed E-state index contributed by atoms with van der Waals surface area (Å²) in [6.07, 6.45) is 0.647. The summed E-state index contributed by atoms with van der Waals surface area (Å²) in [5.74, 6) is 0.344. The number of halogens is 2. The van der Waals surface area contributed by atoms with Gasteiger partial charge in [-0.25, -0.2) is 14.2 Å². The van der Waals surface area contributed by atoms with Gasteiger partial charge in [0.05, 0.1) is 34.8 Å². The van der Waals surface area contributed by atoms with Gasteiger partial charge in [-0.1, -0.05) is 24.6 Å². The van der Waals surface area contributed by atoms with E-state index in [0.29, 0.717) is 29.2 Å². The Bertz CT molecular complexity index is 991. The molecular weight excluding hydrogens is 373 g/mol. The largest absolute Gasteiger partial charge is 0.479 e. The van der Waals surface area contributed by atoms with Crippen molar-refractivity contribution in [3.63, 3.8) is 0 Å². The second kappa shape index (κ2) is 7.79. The summed E-state index contributed by atoms with van der Waals surface area (Å²) >= 11 is 5.79. The van der Waals surface area contributed by atoms with Crippen molar-refractivity contribution in [2.75, 3.05) is 12.4 Å². The standard InChI is InChI=1S/C18H19ClFN5O2/c1-4-13-16-14(24-25-17(16)27-3)8-15(22-13)23-18(26)21-9(2)10-5-6-12(20)11(19)7-10/h5-9H,4H2,1-3H3,(H,24,25)(H2,21,22,23,26)/t9-/m1/s1. The van der Waals surface area contributed by atoms with Crippen LogP contribution in [0.25, 0.3) is 10.9 Å². The smallest absolute Gasteiger partial charge is 0.320 e. The van der Waals surface area contributed by atoms with Gasteiger partial charge in [0.1, 0.15) is 11.6 Å². The molecule has 0 fully saturated rings. The van der Waals surface area contributed by atoms with Crippen LogP contribution in [-0.4, -0.2) is 28.3 Å². The minimum absolute atomic E-state index is 0.00876. The number of nitrogens with zero attached hydrogens (tertiary/aromatic N) is 2. The first-order chi connectivity index (χ1) is 12.9. The zero-order valence-corrected chi connectivity index (χ0v) is 15.8. The highest BCUT2D eigenvalue weighted by Crippen LogP contribution is 2.28. The van der Waals surface area contributed by atoms with Gasteiger partial charge in [-0.05, 0) is 31.0 Å². The van der Waals surface area contributed by atoms with Crippen LogP contribution < -0.4 is 15.4 Å². The number of pyridine rings is 1. The van der Waals surface area contributed by atoms with Gasteiger partial charge in [-0.3, -0.25) is 10.4 Å². The van der Waals surface area contributed by atoms with Crippen molar-refractivity contribution in [3.8, 4) is 5.88 Å². The van der Waals surface area contributed by atoms with E-state index < -0.39 is 11.8 Å². The van der Waals surface area contributed by atoms with E-state index >= 15 is 0 Å². The normalized spacial score (nSPS) is 12.0. The van der Waals surface area contributed by atoms with Gasteiger partial charge in [-0.2, -0.15) is 0 Å². The number of fused-ring (bicyclic) bond motifs is 1. The van der Waals surface area contributed by atoms with Crippen LogP contribution in [-0.2, 0) is 6.42 Å². The number of nitrogens with one attached hydrogen (secondary N) is 3. The molecule has 0 unspecified atom stereocenters. The predicted molar refractivity (Wildman–Crippen MR) is 102 cm³/mol. The molecule has 3 aromatic rings. The average molecular weight is 392 g/mol. The summed E-state index contributed by atoms with van der Waals surface area (Å²) in [5.41, 5.74) is 2.16. The van der Waals surface area contributed by atoms with Gasteiger partial charge in [0.15, 0.2) is 0 Å². The molecule has 1 atom stereocenters. The summed E-state index contributed by atoms with van der Waals surface area (Å²) in [7, 11) is 1.54. The van der Waals surface area contributed by atoms with E-state index in [4.69, 9.17) is 16.3 Å². The third-order valence-electron chi connectivity index (χ3n) is 4.15. The molecule has 3 N–H and O–H groups in total. The molecule has 2 amide bonds. The maximum atomic E-state index is 13.3. The van der Waals surface area contributed by atoms with Crippen molar-refractivity contribution in [1.82, 2.24) is 20.5 Å². The number of amides is 2.